The molecule has 0 saturated carbocycles. The van der Waals surface area contributed by atoms with Gasteiger partial charge in [0.15, 0.2) is 5.69 Å². The van der Waals surface area contributed by atoms with Gasteiger partial charge in [-0.05, 0) is 13.8 Å². The summed E-state index contributed by atoms with van der Waals surface area (Å²) in [4.78, 5) is 26.3. The predicted molar refractivity (Wildman–Crippen MR) is 70.4 cm³/mol. The van der Waals surface area contributed by atoms with E-state index in [-0.39, 0.29) is 23.7 Å². The molecule has 20 heavy (non-hydrogen) atoms. The molecule has 1 N–H and O–H groups in total. The monoisotopic (exact) mass is 281 g/mol. The molecule has 1 aliphatic heterocycles. The molecule has 1 aromatic heterocycles. The van der Waals surface area contributed by atoms with Crippen LogP contribution in [0.5, 0.6) is 0 Å². The Kier molecular flexibility index (Phi) is 4.03. The highest BCUT2D eigenvalue weighted by molar-refractivity contribution is 5.84. The largest absolute Gasteiger partial charge is 0.476 e. The fourth-order valence-corrected chi connectivity index (χ4v) is 1.98. The van der Waals surface area contributed by atoms with Gasteiger partial charge in [0, 0.05) is 26.2 Å². The zero-order valence-electron chi connectivity index (χ0n) is 11.9. The van der Waals surface area contributed by atoms with Crippen LogP contribution < -0.4 is 0 Å². The summed E-state index contributed by atoms with van der Waals surface area (Å²) < 4.78 is 1.55. The highest BCUT2D eigenvalue weighted by atomic mass is 16.4. The van der Waals surface area contributed by atoms with Gasteiger partial charge in [0.05, 0.1) is 18.8 Å². The van der Waals surface area contributed by atoms with Crippen LogP contribution in [0.2, 0.25) is 0 Å². The molecule has 0 spiro atoms. The molecule has 1 aliphatic rings. The van der Waals surface area contributed by atoms with Crippen molar-refractivity contribution in [1.82, 2.24) is 24.8 Å². The second-order valence-electron chi connectivity index (χ2n) is 5.34. The molecule has 110 valence electrons. The fraction of sp³-hybridized carbons (Fsp3) is 0.667. The molecule has 0 unspecified atom stereocenters. The maximum absolute atomic E-state index is 11.9. The first-order chi connectivity index (χ1) is 9.38. The van der Waals surface area contributed by atoms with Crippen molar-refractivity contribution in [3.05, 3.63) is 11.9 Å². The van der Waals surface area contributed by atoms with Crippen LogP contribution in [0.4, 0.5) is 0 Å². The summed E-state index contributed by atoms with van der Waals surface area (Å²) in [6.45, 7) is 5.69. The van der Waals surface area contributed by atoms with Crippen molar-refractivity contribution >= 4 is 11.9 Å². The minimum Gasteiger partial charge on any atom is -0.476 e. The van der Waals surface area contributed by atoms with Crippen molar-refractivity contribution < 1.29 is 14.7 Å². The van der Waals surface area contributed by atoms with Crippen molar-refractivity contribution in [2.75, 3.05) is 26.7 Å². The molecule has 1 amide bonds. The molecular formula is C12H19N5O3. The first-order valence-electron chi connectivity index (χ1n) is 6.51. The van der Waals surface area contributed by atoms with E-state index in [1.165, 1.54) is 6.20 Å². The van der Waals surface area contributed by atoms with Gasteiger partial charge in [-0.2, -0.15) is 0 Å². The second-order valence-corrected chi connectivity index (χ2v) is 5.34. The van der Waals surface area contributed by atoms with Crippen molar-refractivity contribution in [2.24, 2.45) is 0 Å². The Labute approximate surface area is 117 Å². The lowest BCUT2D eigenvalue weighted by Gasteiger charge is -2.39. The number of nitrogens with zero attached hydrogens (tertiary/aromatic N) is 5. The number of likely N-dealkylation sites (tertiary alicyclic amines) is 1. The van der Waals surface area contributed by atoms with Crippen LogP contribution in [0.25, 0.3) is 0 Å². The second kappa shape index (κ2) is 5.58. The molecule has 0 bridgehead atoms. The molecule has 0 radical (unpaired) electrons. The molecule has 0 aliphatic carbocycles. The number of aromatic carboxylic acids is 1. The van der Waals surface area contributed by atoms with E-state index in [2.05, 4.69) is 10.3 Å². The van der Waals surface area contributed by atoms with Crippen LogP contribution >= 0.6 is 0 Å². The first-order valence-corrected chi connectivity index (χ1v) is 6.51. The normalized spacial score (nSPS) is 16.2. The number of carbonyl (C=O) groups is 2. The van der Waals surface area contributed by atoms with Gasteiger partial charge in [-0.1, -0.05) is 5.21 Å². The molecular weight excluding hydrogens is 262 g/mol. The van der Waals surface area contributed by atoms with E-state index in [0.29, 0.717) is 19.6 Å². The van der Waals surface area contributed by atoms with E-state index in [1.54, 1.807) is 16.6 Å². The van der Waals surface area contributed by atoms with Gasteiger partial charge in [-0.15, -0.1) is 5.10 Å². The summed E-state index contributed by atoms with van der Waals surface area (Å²) >= 11 is 0. The van der Waals surface area contributed by atoms with E-state index < -0.39 is 5.97 Å². The number of hydrogen-bond acceptors (Lipinski definition) is 5. The third-order valence-corrected chi connectivity index (χ3v) is 3.57. The summed E-state index contributed by atoms with van der Waals surface area (Å²) in [5.41, 5.74) is -0.0564. The highest BCUT2D eigenvalue weighted by Crippen LogP contribution is 2.20. The maximum Gasteiger partial charge on any atom is 0.358 e. The minimum absolute atomic E-state index is 0.0564. The minimum atomic E-state index is -1.08. The van der Waals surface area contributed by atoms with E-state index >= 15 is 0 Å². The lowest BCUT2D eigenvalue weighted by molar-refractivity contribution is -0.134. The van der Waals surface area contributed by atoms with Crippen LogP contribution in [-0.4, -0.2) is 74.5 Å². The SMILES string of the molecule is CC(C)N(C)C(=O)CN1CC(n2cc(C(=O)O)nn2)C1. The summed E-state index contributed by atoms with van der Waals surface area (Å²) in [6.07, 6.45) is 1.42. The Morgan fingerprint density at radius 1 is 1.50 bits per heavy atom. The Hall–Kier alpha value is -1.96. The van der Waals surface area contributed by atoms with Crippen LogP contribution in [-0.2, 0) is 4.79 Å². The lowest BCUT2D eigenvalue weighted by Crippen LogP contribution is -2.52. The van der Waals surface area contributed by atoms with E-state index in [0.717, 1.165) is 0 Å². The lowest BCUT2D eigenvalue weighted by atomic mass is 10.1. The van der Waals surface area contributed by atoms with Crippen LogP contribution in [0.1, 0.15) is 30.4 Å². The first kappa shape index (κ1) is 14.4. The Morgan fingerprint density at radius 2 is 2.15 bits per heavy atom. The average molecular weight is 281 g/mol. The van der Waals surface area contributed by atoms with E-state index in [9.17, 15) is 9.59 Å². The van der Waals surface area contributed by atoms with Crippen LogP contribution in [0.3, 0.4) is 0 Å². The highest BCUT2D eigenvalue weighted by Gasteiger charge is 2.31. The third-order valence-electron chi connectivity index (χ3n) is 3.57. The van der Waals surface area contributed by atoms with Gasteiger partial charge in [0.1, 0.15) is 0 Å². The fourth-order valence-electron chi connectivity index (χ4n) is 1.98. The molecule has 1 fully saturated rings. The molecule has 2 heterocycles. The van der Waals surface area contributed by atoms with E-state index in [4.69, 9.17) is 5.11 Å². The van der Waals surface area contributed by atoms with Crippen molar-refractivity contribution in [2.45, 2.75) is 25.9 Å². The number of carboxylic acids is 1. The topological polar surface area (TPSA) is 91.6 Å². The summed E-state index contributed by atoms with van der Waals surface area (Å²) in [7, 11) is 1.79. The number of aromatic nitrogens is 3. The third kappa shape index (κ3) is 2.96. The zero-order valence-corrected chi connectivity index (χ0v) is 11.9. The molecule has 8 heteroatoms. The molecule has 8 nitrogen and oxygen atoms in total. The standard InChI is InChI=1S/C12H19N5O3/c1-8(2)15(3)11(18)7-16-4-9(5-16)17-6-10(12(19)20)13-14-17/h6,8-9H,4-5,7H2,1-3H3,(H,19,20). The van der Waals surface area contributed by atoms with Crippen LogP contribution in [0, 0.1) is 0 Å². The summed E-state index contributed by atoms with van der Waals surface area (Å²) in [5.74, 6) is -0.996. The average Bonchev–Trinajstić information content (AvgIpc) is 2.80. The van der Waals surface area contributed by atoms with Gasteiger partial charge >= 0.3 is 5.97 Å². The smallest absolute Gasteiger partial charge is 0.358 e. The Bertz CT molecular complexity index is 507. The van der Waals surface area contributed by atoms with Crippen molar-refractivity contribution in [3.63, 3.8) is 0 Å². The van der Waals surface area contributed by atoms with Crippen molar-refractivity contribution in [1.29, 1.82) is 0 Å². The van der Waals surface area contributed by atoms with Gasteiger partial charge in [-0.25, -0.2) is 9.48 Å². The number of hydrogen-bond donors (Lipinski definition) is 1. The maximum atomic E-state index is 11.9. The predicted octanol–water partition coefficient (Wildman–Crippen LogP) is -0.300. The van der Waals surface area contributed by atoms with Crippen molar-refractivity contribution in [3.8, 4) is 0 Å². The number of likely N-dealkylation sites (N-methyl/N-ethyl adjacent to an activating group) is 1. The molecule has 0 aromatic carbocycles. The summed E-state index contributed by atoms with van der Waals surface area (Å²) in [6, 6.07) is 0.278. The Morgan fingerprint density at radius 3 is 2.65 bits per heavy atom. The van der Waals surface area contributed by atoms with E-state index in [1.807, 2.05) is 18.7 Å². The quantitative estimate of drug-likeness (QED) is 0.796. The number of carboxylic acid groups (broad SMARTS) is 1. The van der Waals surface area contributed by atoms with Gasteiger partial charge in [0.2, 0.25) is 5.91 Å². The molecule has 1 aromatic rings. The number of rotatable bonds is 5. The Balaban J connectivity index is 1.82. The van der Waals surface area contributed by atoms with Gasteiger partial charge in [-0.3, -0.25) is 9.69 Å². The number of amides is 1. The van der Waals surface area contributed by atoms with Gasteiger partial charge in [0.25, 0.3) is 0 Å². The molecule has 2 rings (SSSR count). The van der Waals surface area contributed by atoms with Gasteiger partial charge < -0.3 is 10.0 Å². The molecule has 1 saturated heterocycles. The van der Waals surface area contributed by atoms with Crippen LogP contribution in [0.15, 0.2) is 6.20 Å². The summed E-state index contributed by atoms with van der Waals surface area (Å²) in [5, 5.41) is 16.2. The zero-order chi connectivity index (χ0) is 14.9. The number of carbonyl (C=O) groups excluding carboxylic acids is 1. The molecule has 0 atom stereocenters.